The number of urea groups is 1. The second kappa shape index (κ2) is 7.24. The van der Waals surface area contributed by atoms with Gasteiger partial charge in [-0.25, -0.2) is 4.79 Å². The van der Waals surface area contributed by atoms with Crippen LogP contribution in [0, 0.1) is 5.92 Å². The number of nitrogens with two attached hydrogens (primary N) is 1. The average molecular weight is 308 g/mol. The van der Waals surface area contributed by atoms with Crippen LogP contribution in [0.15, 0.2) is 6.33 Å². The van der Waals surface area contributed by atoms with Crippen molar-refractivity contribution in [3.8, 4) is 0 Å². The van der Waals surface area contributed by atoms with E-state index < -0.39 is 0 Å². The fourth-order valence-corrected chi connectivity index (χ4v) is 2.66. The molecule has 1 aliphatic heterocycles. The molecule has 0 saturated carbocycles. The van der Waals surface area contributed by atoms with E-state index in [2.05, 4.69) is 29.4 Å². The van der Waals surface area contributed by atoms with Gasteiger partial charge in [-0.05, 0) is 26.7 Å². The molecule has 0 bridgehead atoms. The van der Waals surface area contributed by atoms with Gasteiger partial charge in [0.1, 0.15) is 12.2 Å². The molecule has 8 heteroatoms. The van der Waals surface area contributed by atoms with Crippen molar-refractivity contribution in [3.63, 3.8) is 0 Å². The van der Waals surface area contributed by atoms with Crippen molar-refractivity contribution < 1.29 is 9.59 Å². The highest BCUT2D eigenvalue weighted by molar-refractivity contribution is 5.79. The summed E-state index contributed by atoms with van der Waals surface area (Å²) in [5.74, 6) is 0.287. The summed E-state index contributed by atoms with van der Waals surface area (Å²) in [6.45, 7) is 5.68. The predicted molar refractivity (Wildman–Crippen MR) is 81.0 cm³/mol. The summed E-state index contributed by atoms with van der Waals surface area (Å²) >= 11 is 0. The molecule has 0 radical (unpaired) electrons. The smallest absolute Gasteiger partial charge is 0.317 e. The molecule has 0 aromatic carbocycles. The van der Waals surface area contributed by atoms with Gasteiger partial charge in [0.15, 0.2) is 0 Å². The van der Waals surface area contributed by atoms with Gasteiger partial charge in [0.25, 0.3) is 0 Å². The molecule has 1 atom stereocenters. The highest BCUT2D eigenvalue weighted by Crippen LogP contribution is 2.15. The Hall–Kier alpha value is -2.12. The maximum absolute atomic E-state index is 12.1. The molecule has 2 heterocycles. The number of likely N-dealkylation sites (tertiary alicyclic amines) is 1. The third-order valence-corrected chi connectivity index (χ3v) is 3.94. The van der Waals surface area contributed by atoms with E-state index in [1.165, 1.54) is 0 Å². The van der Waals surface area contributed by atoms with Gasteiger partial charge < -0.3 is 20.5 Å². The predicted octanol–water partition coefficient (Wildman–Crippen LogP) is 0.308. The quantitative estimate of drug-likeness (QED) is 0.816. The highest BCUT2D eigenvalue weighted by atomic mass is 16.2. The van der Waals surface area contributed by atoms with E-state index in [1.54, 1.807) is 11.2 Å². The molecule has 0 spiro atoms. The zero-order chi connectivity index (χ0) is 16.1. The van der Waals surface area contributed by atoms with Gasteiger partial charge in [-0.15, -0.1) is 10.2 Å². The molecular weight excluding hydrogens is 284 g/mol. The minimum absolute atomic E-state index is 0.151. The molecule has 3 amide bonds. The van der Waals surface area contributed by atoms with Crippen LogP contribution in [-0.2, 0) is 11.2 Å². The lowest BCUT2D eigenvalue weighted by molar-refractivity contribution is -0.123. The van der Waals surface area contributed by atoms with Crippen LogP contribution in [0.5, 0.6) is 0 Å². The number of carbonyl (C=O) groups is 2. The third kappa shape index (κ3) is 3.96. The number of nitrogens with zero attached hydrogens (tertiary/aromatic N) is 4. The number of carbonyl (C=O) groups excluding carboxylic acids is 2. The van der Waals surface area contributed by atoms with Crippen LogP contribution < -0.4 is 11.1 Å². The van der Waals surface area contributed by atoms with Crippen LogP contribution in [0.4, 0.5) is 4.79 Å². The largest absolute Gasteiger partial charge is 0.369 e. The van der Waals surface area contributed by atoms with Crippen molar-refractivity contribution >= 4 is 11.9 Å². The lowest BCUT2D eigenvalue weighted by atomic mass is 9.98. The van der Waals surface area contributed by atoms with Gasteiger partial charge in [0, 0.05) is 32.1 Å². The SMILES string of the molecule is CC(C)n1cnnc1CCNC(=O)N1CCC[C@@H](C(N)=O)C1. The molecule has 22 heavy (non-hydrogen) atoms. The topological polar surface area (TPSA) is 106 Å². The summed E-state index contributed by atoms with van der Waals surface area (Å²) in [6.07, 6.45) is 3.89. The van der Waals surface area contributed by atoms with Gasteiger partial charge in [-0.1, -0.05) is 0 Å². The second-order valence-electron chi connectivity index (χ2n) is 5.92. The van der Waals surface area contributed by atoms with Gasteiger partial charge in [-0.2, -0.15) is 0 Å². The average Bonchev–Trinajstić information content (AvgIpc) is 2.96. The van der Waals surface area contributed by atoms with Gasteiger partial charge in [0.2, 0.25) is 5.91 Å². The van der Waals surface area contributed by atoms with Crippen LogP contribution in [0.3, 0.4) is 0 Å². The molecule has 1 fully saturated rings. The van der Waals surface area contributed by atoms with E-state index in [-0.39, 0.29) is 17.9 Å². The van der Waals surface area contributed by atoms with E-state index in [9.17, 15) is 9.59 Å². The number of primary amides is 1. The molecule has 0 unspecified atom stereocenters. The first-order valence-corrected chi connectivity index (χ1v) is 7.69. The molecule has 1 aliphatic rings. The molecule has 3 N–H and O–H groups in total. The van der Waals surface area contributed by atoms with Crippen molar-refractivity contribution in [2.75, 3.05) is 19.6 Å². The van der Waals surface area contributed by atoms with E-state index in [4.69, 9.17) is 5.73 Å². The Balaban J connectivity index is 1.80. The van der Waals surface area contributed by atoms with Gasteiger partial charge in [-0.3, -0.25) is 4.79 Å². The number of hydrogen-bond donors (Lipinski definition) is 2. The fraction of sp³-hybridized carbons (Fsp3) is 0.714. The fourth-order valence-electron chi connectivity index (χ4n) is 2.66. The Morgan fingerprint density at radius 1 is 1.50 bits per heavy atom. The normalized spacial score (nSPS) is 18.5. The van der Waals surface area contributed by atoms with Crippen LogP contribution in [0.2, 0.25) is 0 Å². The third-order valence-electron chi connectivity index (χ3n) is 3.94. The highest BCUT2D eigenvalue weighted by Gasteiger charge is 2.26. The summed E-state index contributed by atoms with van der Waals surface area (Å²) in [5, 5.41) is 10.8. The minimum atomic E-state index is -0.331. The molecule has 1 saturated heterocycles. The first kappa shape index (κ1) is 16.3. The maximum atomic E-state index is 12.1. The van der Waals surface area contributed by atoms with Crippen molar-refractivity contribution in [1.82, 2.24) is 25.0 Å². The Morgan fingerprint density at radius 3 is 2.95 bits per heavy atom. The van der Waals surface area contributed by atoms with Gasteiger partial charge in [0.05, 0.1) is 5.92 Å². The Kier molecular flexibility index (Phi) is 5.35. The summed E-state index contributed by atoms with van der Waals surface area (Å²) in [7, 11) is 0. The minimum Gasteiger partial charge on any atom is -0.369 e. The second-order valence-corrected chi connectivity index (χ2v) is 5.92. The lowest BCUT2D eigenvalue weighted by Crippen LogP contribution is -2.48. The van der Waals surface area contributed by atoms with Crippen LogP contribution >= 0.6 is 0 Å². The molecule has 1 aromatic rings. The van der Waals surface area contributed by atoms with Crippen LogP contribution in [-0.4, -0.2) is 51.2 Å². The molecule has 2 rings (SSSR count). The van der Waals surface area contributed by atoms with E-state index in [0.29, 0.717) is 32.1 Å². The van der Waals surface area contributed by atoms with Crippen LogP contribution in [0.25, 0.3) is 0 Å². The summed E-state index contributed by atoms with van der Waals surface area (Å²) in [4.78, 5) is 25.0. The number of aromatic nitrogens is 3. The molecule has 122 valence electrons. The van der Waals surface area contributed by atoms with E-state index in [0.717, 1.165) is 18.7 Å². The van der Waals surface area contributed by atoms with Crippen molar-refractivity contribution in [2.45, 2.75) is 39.2 Å². The molecule has 0 aliphatic carbocycles. The molecule has 8 nitrogen and oxygen atoms in total. The van der Waals surface area contributed by atoms with E-state index >= 15 is 0 Å². The van der Waals surface area contributed by atoms with Crippen LogP contribution in [0.1, 0.15) is 38.6 Å². The molecule has 1 aromatic heterocycles. The number of hydrogen-bond acceptors (Lipinski definition) is 4. The van der Waals surface area contributed by atoms with Crippen molar-refractivity contribution in [1.29, 1.82) is 0 Å². The summed E-state index contributed by atoms with van der Waals surface area (Å²) in [5.41, 5.74) is 5.32. The number of amides is 3. The lowest BCUT2D eigenvalue weighted by Gasteiger charge is -2.31. The zero-order valence-corrected chi connectivity index (χ0v) is 13.2. The first-order valence-electron chi connectivity index (χ1n) is 7.69. The van der Waals surface area contributed by atoms with Gasteiger partial charge >= 0.3 is 6.03 Å². The number of nitrogens with one attached hydrogen (secondary N) is 1. The first-order chi connectivity index (χ1) is 10.5. The summed E-state index contributed by atoms with van der Waals surface area (Å²) < 4.78 is 1.98. The summed E-state index contributed by atoms with van der Waals surface area (Å²) in [6, 6.07) is 0.140. The van der Waals surface area contributed by atoms with E-state index in [1.807, 2.05) is 4.57 Å². The monoisotopic (exact) mass is 308 g/mol. The standard InChI is InChI=1S/C14H24N6O2/c1-10(2)20-9-17-18-12(20)5-6-16-14(22)19-7-3-4-11(8-19)13(15)21/h9-11H,3-8H2,1-2H3,(H2,15,21)(H,16,22)/t11-/m1/s1. The Labute approximate surface area is 130 Å². The number of piperidine rings is 1. The Morgan fingerprint density at radius 2 is 2.27 bits per heavy atom. The van der Waals surface area contributed by atoms with Crippen molar-refractivity contribution in [2.24, 2.45) is 11.7 Å². The Bertz CT molecular complexity index is 527. The number of rotatable bonds is 5. The zero-order valence-electron chi connectivity index (χ0n) is 13.2. The molecular formula is C14H24N6O2. The maximum Gasteiger partial charge on any atom is 0.317 e. The van der Waals surface area contributed by atoms with Crippen molar-refractivity contribution in [3.05, 3.63) is 12.2 Å².